The summed E-state index contributed by atoms with van der Waals surface area (Å²) in [4.78, 5) is 0. The lowest BCUT2D eigenvalue weighted by Crippen LogP contribution is -2.43. The minimum absolute atomic E-state index is 0.285. The van der Waals surface area contributed by atoms with Gasteiger partial charge in [-0.3, -0.25) is 0 Å². The minimum atomic E-state index is -0.588. The van der Waals surface area contributed by atoms with E-state index in [4.69, 9.17) is 10.5 Å². The Hall–Kier alpha value is -1.88. The first-order chi connectivity index (χ1) is 10.7. The maximum Gasteiger partial charge on any atom is 0.123 e. The van der Waals surface area contributed by atoms with Crippen LogP contribution in [0.5, 0.6) is 5.75 Å². The van der Waals surface area contributed by atoms with E-state index in [9.17, 15) is 5.11 Å². The van der Waals surface area contributed by atoms with Crippen LogP contribution in [0.15, 0.2) is 54.6 Å². The van der Waals surface area contributed by atoms with Crippen molar-refractivity contribution in [1.29, 1.82) is 0 Å². The van der Waals surface area contributed by atoms with Crippen LogP contribution in [0.4, 0.5) is 0 Å². The number of ether oxygens (including phenoxy) is 1. The van der Waals surface area contributed by atoms with Gasteiger partial charge in [0.2, 0.25) is 0 Å². The molecular weight excluding hydrogens is 276 g/mol. The van der Waals surface area contributed by atoms with Gasteiger partial charge in [-0.15, -0.1) is 0 Å². The highest BCUT2D eigenvalue weighted by molar-refractivity contribution is 5.32. The molecule has 0 heterocycles. The van der Waals surface area contributed by atoms with E-state index in [1.165, 1.54) is 0 Å². The smallest absolute Gasteiger partial charge is 0.123 e. The van der Waals surface area contributed by atoms with Crippen molar-refractivity contribution >= 4 is 0 Å². The molecule has 0 saturated heterocycles. The lowest BCUT2D eigenvalue weighted by molar-refractivity contribution is 0.141. The van der Waals surface area contributed by atoms with Gasteiger partial charge < -0.3 is 20.9 Å². The Labute approximate surface area is 131 Å². The summed E-state index contributed by atoms with van der Waals surface area (Å²) >= 11 is 0. The number of nitrogens with one attached hydrogen (secondary N) is 1. The quantitative estimate of drug-likeness (QED) is 0.694. The highest BCUT2D eigenvalue weighted by Crippen LogP contribution is 2.16. The van der Waals surface area contributed by atoms with Gasteiger partial charge in [0.15, 0.2) is 0 Å². The van der Waals surface area contributed by atoms with Crippen LogP contribution in [-0.2, 0) is 13.0 Å². The van der Waals surface area contributed by atoms with Crippen molar-refractivity contribution in [1.82, 2.24) is 5.32 Å². The maximum atomic E-state index is 10.2. The Morgan fingerprint density at radius 3 is 2.50 bits per heavy atom. The molecule has 4 heteroatoms. The van der Waals surface area contributed by atoms with E-state index < -0.39 is 6.10 Å². The Morgan fingerprint density at radius 2 is 1.77 bits per heavy atom. The molecule has 0 amide bonds. The molecule has 2 aromatic carbocycles. The number of hydrogen-bond donors (Lipinski definition) is 3. The second-order valence-corrected chi connectivity index (χ2v) is 5.36. The zero-order valence-corrected chi connectivity index (χ0v) is 12.9. The highest BCUT2D eigenvalue weighted by Gasteiger charge is 2.15. The van der Waals surface area contributed by atoms with Crippen LogP contribution in [-0.4, -0.2) is 30.9 Å². The summed E-state index contributed by atoms with van der Waals surface area (Å²) in [7, 11) is 1.66. The molecule has 0 fully saturated rings. The second-order valence-electron chi connectivity index (χ2n) is 5.36. The van der Waals surface area contributed by atoms with Gasteiger partial charge in [-0.1, -0.05) is 48.5 Å². The molecule has 0 aliphatic rings. The largest absolute Gasteiger partial charge is 0.496 e. The van der Waals surface area contributed by atoms with Crippen molar-refractivity contribution < 1.29 is 9.84 Å². The molecule has 2 atom stereocenters. The fourth-order valence-electron chi connectivity index (χ4n) is 2.38. The fourth-order valence-corrected chi connectivity index (χ4v) is 2.38. The van der Waals surface area contributed by atoms with Crippen molar-refractivity contribution in [2.24, 2.45) is 5.73 Å². The molecule has 2 rings (SSSR count). The number of para-hydroxylation sites is 1. The van der Waals surface area contributed by atoms with E-state index in [0.29, 0.717) is 19.5 Å². The van der Waals surface area contributed by atoms with E-state index >= 15 is 0 Å². The first-order valence-corrected chi connectivity index (χ1v) is 7.51. The van der Waals surface area contributed by atoms with Crippen molar-refractivity contribution in [3.05, 3.63) is 65.7 Å². The summed E-state index contributed by atoms with van der Waals surface area (Å²) in [6, 6.07) is 17.5. The second kappa shape index (κ2) is 8.54. The van der Waals surface area contributed by atoms with E-state index in [1.807, 2.05) is 54.6 Å². The Morgan fingerprint density at radius 1 is 1.09 bits per heavy atom. The van der Waals surface area contributed by atoms with Crippen molar-refractivity contribution in [3.63, 3.8) is 0 Å². The molecule has 4 nitrogen and oxygen atoms in total. The molecule has 0 saturated carbocycles. The normalized spacial score (nSPS) is 13.6. The summed E-state index contributed by atoms with van der Waals surface area (Å²) < 4.78 is 5.30. The van der Waals surface area contributed by atoms with E-state index in [1.54, 1.807) is 7.11 Å². The van der Waals surface area contributed by atoms with Crippen LogP contribution in [0.25, 0.3) is 0 Å². The lowest BCUT2D eigenvalue weighted by atomic mass is 10.0. The highest BCUT2D eigenvalue weighted by atomic mass is 16.5. The predicted molar refractivity (Wildman–Crippen MR) is 88.8 cm³/mol. The predicted octanol–water partition coefficient (Wildman–Crippen LogP) is 1.72. The third kappa shape index (κ3) is 4.84. The zero-order chi connectivity index (χ0) is 15.8. The van der Waals surface area contributed by atoms with Gasteiger partial charge in [-0.25, -0.2) is 0 Å². The Bertz CT molecular complexity index is 560. The van der Waals surface area contributed by atoms with Gasteiger partial charge in [0.05, 0.1) is 13.2 Å². The molecule has 0 bridgehead atoms. The first kappa shape index (κ1) is 16.5. The van der Waals surface area contributed by atoms with Crippen LogP contribution < -0.4 is 15.8 Å². The van der Waals surface area contributed by atoms with Crippen molar-refractivity contribution in [3.8, 4) is 5.75 Å². The number of aliphatic hydroxyl groups excluding tert-OH is 1. The number of hydrogen-bond acceptors (Lipinski definition) is 4. The summed E-state index contributed by atoms with van der Waals surface area (Å²) in [5, 5.41) is 13.4. The average molecular weight is 300 g/mol. The monoisotopic (exact) mass is 300 g/mol. The minimum Gasteiger partial charge on any atom is -0.496 e. The lowest BCUT2D eigenvalue weighted by Gasteiger charge is -2.20. The third-order valence-electron chi connectivity index (χ3n) is 3.67. The number of benzene rings is 2. The Balaban J connectivity index is 1.78. The number of aliphatic hydroxyl groups is 1. The molecule has 0 aliphatic carbocycles. The summed E-state index contributed by atoms with van der Waals surface area (Å²) in [5.74, 6) is 0.845. The van der Waals surface area contributed by atoms with Gasteiger partial charge in [-0.2, -0.15) is 0 Å². The van der Waals surface area contributed by atoms with Gasteiger partial charge >= 0.3 is 0 Å². The standard InChI is InChI=1S/C18H24N2O2/c1-22-18-10-6-5-9-15(18)12-20-13-17(21)16(19)11-14-7-3-2-4-8-14/h2-10,16-17,20-21H,11-13,19H2,1H3/t16-,17+/m0/s1. The van der Waals surface area contributed by atoms with Crippen LogP contribution in [0.3, 0.4) is 0 Å². The molecule has 0 radical (unpaired) electrons. The molecule has 0 spiro atoms. The van der Waals surface area contributed by atoms with Gasteiger partial charge in [-0.05, 0) is 18.1 Å². The molecule has 2 aromatic rings. The number of rotatable bonds is 8. The third-order valence-corrected chi connectivity index (χ3v) is 3.67. The molecular formula is C18H24N2O2. The first-order valence-electron chi connectivity index (χ1n) is 7.51. The molecule has 22 heavy (non-hydrogen) atoms. The van der Waals surface area contributed by atoms with E-state index in [-0.39, 0.29) is 6.04 Å². The molecule has 118 valence electrons. The molecule has 0 aliphatic heterocycles. The SMILES string of the molecule is COc1ccccc1CNC[C@@H](O)[C@@H](N)Cc1ccccc1. The topological polar surface area (TPSA) is 67.5 Å². The molecule has 0 aromatic heterocycles. The Kier molecular flexibility index (Phi) is 6.40. The van der Waals surface area contributed by atoms with Crippen molar-refractivity contribution in [2.45, 2.75) is 25.1 Å². The van der Waals surface area contributed by atoms with Crippen LogP contribution in [0.2, 0.25) is 0 Å². The van der Waals surface area contributed by atoms with Gasteiger partial charge in [0, 0.05) is 24.7 Å². The van der Waals surface area contributed by atoms with Crippen LogP contribution in [0, 0.1) is 0 Å². The van der Waals surface area contributed by atoms with E-state index in [0.717, 1.165) is 16.9 Å². The van der Waals surface area contributed by atoms with Gasteiger partial charge in [0.25, 0.3) is 0 Å². The molecule has 4 N–H and O–H groups in total. The summed E-state index contributed by atoms with van der Waals surface area (Å²) in [5.41, 5.74) is 8.27. The molecule has 0 unspecified atom stereocenters. The number of methoxy groups -OCH3 is 1. The fraction of sp³-hybridized carbons (Fsp3) is 0.333. The van der Waals surface area contributed by atoms with Gasteiger partial charge in [0.1, 0.15) is 5.75 Å². The zero-order valence-electron chi connectivity index (χ0n) is 12.9. The maximum absolute atomic E-state index is 10.2. The summed E-state index contributed by atoms with van der Waals surface area (Å²) in [6.45, 7) is 1.09. The average Bonchev–Trinajstić information content (AvgIpc) is 2.56. The van der Waals surface area contributed by atoms with Crippen LogP contribution in [0.1, 0.15) is 11.1 Å². The van der Waals surface area contributed by atoms with Crippen LogP contribution >= 0.6 is 0 Å². The van der Waals surface area contributed by atoms with E-state index in [2.05, 4.69) is 5.32 Å². The summed E-state index contributed by atoms with van der Waals surface area (Å²) in [6.07, 6.45) is 0.0770. The van der Waals surface area contributed by atoms with Crippen molar-refractivity contribution in [2.75, 3.05) is 13.7 Å². The number of nitrogens with two attached hydrogens (primary N) is 1.